The molecule has 1 unspecified atom stereocenters. The van der Waals surface area contributed by atoms with Crippen molar-refractivity contribution in [3.8, 4) is 11.4 Å². The third kappa shape index (κ3) is 5.29. The number of aryl methyl sites for hydroxylation is 1. The molecule has 1 saturated heterocycles. The quantitative estimate of drug-likeness (QED) is 0.374. The molecule has 0 aliphatic carbocycles. The third-order valence-electron chi connectivity index (χ3n) is 7.57. The number of piperazine rings is 1. The molecule has 8 nitrogen and oxygen atoms in total. The number of nitrogens with one attached hydrogen (secondary N) is 1. The number of benzene rings is 2. The summed E-state index contributed by atoms with van der Waals surface area (Å²) in [5.41, 5.74) is 6.72. The van der Waals surface area contributed by atoms with Crippen molar-refractivity contribution in [1.82, 2.24) is 24.8 Å². The second kappa shape index (κ2) is 11.8. The minimum Gasteiger partial charge on any atom is -0.485 e. The number of aromatic nitrogens is 3. The molecule has 6 rings (SSSR count). The highest BCUT2D eigenvalue weighted by molar-refractivity contribution is 5.93. The van der Waals surface area contributed by atoms with Gasteiger partial charge in [-0.1, -0.05) is 25.1 Å². The first-order valence-corrected chi connectivity index (χ1v) is 12.9. The van der Waals surface area contributed by atoms with E-state index in [1.54, 1.807) is 13.4 Å². The second-order valence-corrected chi connectivity index (χ2v) is 9.96. The summed E-state index contributed by atoms with van der Waals surface area (Å²) in [7, 11) is 1.62. The van der Waals surface area contributed by atoms with Gasteiger partial charge in [0, 0.05) is 62.1 Å². The van der Waals surface area contributed by atoms with Crippen LogP contribution in [0.5, 0.6) is 5.75 Å². The number of ether oxygens (including phenoxy) is 1. The van der Waals surface area contributed by atoms with E-state index < -0.39 is 0 Å². The predicted molar refractivity (Wildman–Crippen MR) is 159 cm³/mol. The fourth-order valence-corrected chi connectivity index (χ4v) is 5.62. The van der Waals surface area contributed by atoms with Crippen LogP contribution < -0.4 is 15.0 Å². The normalized spacial score (nSPS) is 15.3. The maximum absolute atomic E-state index is 12.2. The maximum Gasteiger partial charge on any atom is 0.271 e. The number of imidazole rings is 1. The molecule has 2 aliphatic rings. The number of carbonyl (C=O) groups is 1. The fourth-order valence-electron chi connectivity index (χ4n) is 5.62. The summed E-state index contributed by atoms with van der Waals surface area (Å²) in [6, 6.07) is 17.0. The Balaban J connectivity index is 0.00000176. The summed E-state index contributed by atoms with van der Waals surface area (Å²) >= 11 is 0. The number of carbonyl (C=O) groups excluding carboxylic acids is 1. The van der Waals surface area contributed by atoms with E-state index in [1.807, 2.05) is 17.6 Å². The molecule has 0 spiro atoms. The van der Waals surface area contributed by atoms with E-state index in [1.165, 1.54) is 16.6 Å². The molecule has 1 fully saturated rings. The van der Waals surface area contributed by atoms with Crippen LogP contribution in [0.3, 0.4) is 0 Å². The van der Waals surface area contributed by atoms with Crippen molar-refractivity contribution in [3.05, 3.63) is 77.5 Å². The average Bonchev–Trinajstić information content (AvgIpc) is 3.37. The van der Waals surface area contributed by atoms with Gasteiger partial charge in [-0.2, -0.15) is 0 Å². The average molecular weight is 570 g/mol. The number of halogens is 2. The van der Waals surface area contributed by atoms with Gasteiger partial charge in [0.25, 0.3) is 5.91 Å². The zero-order valence-corrected chi connectivity index (χ0v) is 24.0. The van der Waals surface area contributed by atoms with Crippen molar-refractivity contribution in [1.29, 1.82) is 0 Å². The van der Waals surface area contributed by atoms with Crippen molar-refractivity contribution in [2.45, 2.75) is 26.4 Å². The van der Waals surface area contributed by atoms with Gasteiger partial charge in [0.2, 0.25) is 0 Å². The molecule has 1 N–H and O–H groups in total. The Bertz CT molecular complexity index is 1480. The standard InChI is InChI=1S/C29H32N6O2.2ClH/c1-19(21-6-4-9-25-28(21)37-17-26-27(29(36)30-3)31-18-35(25)26)16-33-12-14-34(15-13-33)24-8-5-7-23-22(24)11-10-20(2)32-23;;/h4-11,18-19H,12-17H2,1-3H3,(H,30,36);2*1H. The van der Waals surface area contributed by atoms with Crippen molar-refractivity contribution in [3.63, 3.8) is 0 Å². The minimum absolute atomic E-state index is 0. The summed E-state index contributed by atoms with van der Waals surface area (Å²) in [5, 5.41) is 3.88. The molecule has 206 valence electrons. The SMILES string of the molecule is CNC(=O)c1ncn2c1COc1c(C(C)CN3CCN(c4cccc5nc(C)ccc45)CC3)cccc1-2.Cl.Cl. The molecule has 1 atom stereocenters. The lowest BCUT2D eigenvalue weighted by Crippen LogP contribution is -2.47. The Hall–Kier alpha value is -3.33. The fraction of sp³-hybridized carbons (Fsp3) is 0.345. The number of pyridine rings is 1. The zero-order chi connectivity index (χ0) is 25.5. The van der Waals surface area contributed by atoms with Gasteiger partial charge in [-0.25, -0.2) is 4.98 Å². The predicted octanol–water partition coefficient (Wildman–Crippen LogP) is 4.75. The van der Waals surface area contributed by atoms with Gasteiger partial charge in [0.05, 0.1) is 16.9 Å². The van der Waals surface area contributed by atoms with Gasteiger partial charge in [0.15, 0.2) is 5.69 Å². The van der Waals surface area contributed by atoms with Gasteiger partial charge < -0.3 is 15.0 Å². The van der Waals surface area contributed by atoms with E-state index in [0.717, 1.165) is 61.1 Å². The summed E-state index contributed by atoms with van der Waals surface area (Å²) in [4.78, 5) is 26.3. The highest BCUT2D eigenvalue weighted by atomic mass is 35.5. The van der Waals surface area contributed by atoms with Crippen molar-refractivity contribution >= 4 is 47.3 Å². The monoisotopic (exact) mass is 568 g/mol. The van der Waals surface area contributed by atoms with Crippen LogP contribution in [0.4, 0.5) is 5.69 Å². The van der Waals surface area contributed by atoms with Crippen LogP contribution >= 0.6 is 24.8 Å². The van der Waals surface area contributed by atoms with Crippen LogP contribution in [0.15, 0.2) is 54.9 Å². The second-order valence-electron chi connectivity index (χ2n) is 9.96. The largest absolute Gasteiger partial charge is 0.485 e. The maximum atomic E-state index is 12.2. The van der Waals surface area contributed by atoms with E-state index in [9.17, 15) is 4.79 Å². The number of anilines is 1. The number of rotatable bonds is 5. The molecule has 0 radical (unpaired) electrons. The van der Waals surface area contributed by atoms with Crippen molar-refractivity contribution < 1.29 is 9.53 Å². The van der Waals surface area contributed by atoms with Crippen molar-refractivity contribution in [2.75, 3.05) is 44.7 Å². The Morgan fingerprint density at radius 1 is 1.03 bits per heavy atom. The molecule has 10 heteroatoms. The first kappa shape index (κ1) is 28.7. The lowest BCUT2D eigenvalue weighted by atomic mass is 9.97. The van der Waals surface area contributed by atoms with Crippen LogP contribution in [0.2, 0.25) is 0 Å². The molecule has 0 bridgehead atoms. The number of hydrogen-bond acceptors (Lipinski definition) is 6. The number of fused-ring (bicyclic) bond motifs is 4. The molecule has 39 heavy (non-hydrogen) atoms. The molecule has 1 amide bonds. The topological polar surface area (TPSA) is 75.5 Å². The number of amides is 1. The lowest BCUT2D eigenvalue weighted by Gasteiger charge is -2.38. The van der Waals surface area contributed by atoms with E-state index >= 15 is 0 Å². The summed E-state index contributed by atoms with van der Waals surface area (Å²) in [6.45, 7) is 9.60. The molecule has 4 aromatic rings. The van der Waals surface area contributed by atoms with Gasteiger partial charge in [-0.05, 0) is 43.2 Å². The summed E-state index contributed by atoms with van der Waals surface area (Å²) in [5.74, 6) is 0.995. The highest BCUT2D eigenvalue weighted by Gasteiger charge is 2.28. The molecular weight excluding hydrogens is 535 g/mol. The Labute approximate surface area is 241 Å². The van der Waals surface area contributed by atoms with Crippen LogP contribution in [0.25, 0.3) is 16.6 Å². The molecule has 4 heterocycles. The van der Waals surface area contributed by atoms with E-state index in [4.69, 9.17) is 9.72 Å². The number of nitrogens with zero attached hydrogens (tertiary/aromatic N) is 5. The smallest absolute Gasteiger partial charge is 0.271 e. The van der Waals surface area contributed by atoms with Crippen LogP contribution in [0, 0.1) is 6.92 Å². The van der Waals surface area contributed by atoms with Crippen molar-refractivity contribution in [2.24, 2.45) is 0 Å². The number of para-hydroxylation sites is 1. The number of hydrogen-bond donors (Lipinski definition) is 1. The van der Waals surface area contributed by atoms with E-state index in [-0.39, 0.29) is 30.7 Å². The third-order valence-corrected chi connectivity index (χ3v) is 7.57. The Morgan fingerprint density at radius 3 is 2.54 bits per heavy atom. The summed E-state index contributed by atoms with van der Waals surface area (Å²) < 4.78 is 8.22. The van der Waals surface area contributed by atoms with Crippen LogP contribution in [0.1, 0.15) is 40.3 Å². The zero-order valence-electron chi connectivity index (χ0n) is 22.4. The van der Waals surface area contributed by atoms with Gasteiger partial charge in [0.1, 0.15) is 18.7 Å². The summed E-state index contributed by atoms with van der Waals surface area (Å²) in [6.07, 6.45) is 1.72. The van der Waals surface area contributed by atoms with E-state index in [0.29, 0.717) is 18.2 Å². The molecule has 2 aromatic heterocycles. The first-order valence-electron chi connectivity index (χ1n) is 12.9. The minimum atomic E-state index is -0.195. The Morgan fingerprint density at radius 2 is 1.77 bits per heavy atom. The molecule has 0 saturated carbocycles. The van der Waals surface area contributed by atoms with E-state index in [2.05, 4.69) is 69.5 Å². The van der Waals surface area contributed by atoms with Gasteiger partial charge in [-0.3, -0.25) is 19.2 Å². The highest BCUT2D eigenvalue weighted by Crippen LogP contribution is 2.38. The van der Waals surface area contributed by atoms with Crippen LogP contribution in [-0.2, 0) is 6.61 Å². The Kier molecular flexibility index (Phi) is 8.69. The molecule has 2 aliphatic heterocycles. The molecular formula is C29H34Cl2N6O2. The van der Waals surface area contributed by atoms with Crippen LogP contribution in [-0.4, -0.2) is 65.1 Å². The lowest BCUT2D eigenvalue weighted by molar-refractivity contribution is 0.0955. The first-order chi connectivity index (χ1) is 18.0. The van der Waals surface area contributed by atoms with Gasteiger partial charge in [-0.15, -0.1) is 24.8 Å². The van der Waals surface area contributed by atoms with Gasteiger partial charge >= 0.3 is 0 Å². The molecule has 2 aromatic carbocycles.